The fourth-order valence-corrected chi connectivity index (χ4v) is 6.33. The van der Waals surface area contributed by atoms with Crippen LogP contribution in [0.3, 0.4) is 0 Å². The number of rotatable bonds is 9. The number of nitrogens with one attached hydrogen (secondary N) is 1. The van der Waals surface area contributed by atoms with Gasteiger partial charge in [0.15, 0.2) is 0 Å². The van der Waals surface area contributed by atoms with Gasteiger partial charge >= 0.3 is 0 Å². The molecule has 3 heterocycles. The minimum atomic E-state index is -3.62. The standard InChI is InChI=1S/C27H33N7O2S/c1-32(2)14-6-12-29-27-22-8-3-4-9-24(22)30-26(31-27)20-33-15-17-34(18-16-33)37(35,36)25-10-5-7-21-11-13-28-19-23(21)25/h3-5,7-11,13,19H,6,12,14-18,20H2,1-2H3,(H,29,30,31). The number of hydrogen-bond acceptors (Lipinski definition) is 8. The first-order valence-corrected chi connectivity index (χ1v) is 14.1. The van der Waals surface area contributed by atoms with Gasteiger partial charge in [0, 0.05) is 55.9 Å². The number of pyridine rings is 1. The van der Waals surface area contributed by atoms with Crippen molar-refractivity contribution in [2.45, 2.75) is 17.9 Å². The molecule has 1 saturated heterocycles. The second-order valence-electron chi connectivity index (χ2n) is 9.62. The van der Waals surface area contributed by atoms with Crippen LogP contribution in [0, 0.1) is 0 Å². The first kappa shape index (κ1) is 25.5. The van der Waals surface area contributed by atoms with Gasteiger partial charge in [-0.25, -0.2) is 18.4 Å². The Labute approximate surface area is 218 Å². The monoisotopic (exact) mass is 519 g/mol. The van der Waals surface area contributed by atoms with Gasteiger partial charge in [-0.15, -0.1) is 0 Å². The molecule has 194 valence electrons. The maximum absolute atomic E-state index is 13.5. The van der Waals surface area contributed by atoms with Crippen molar-refractivity contribution < 1.29 is 8.42 Å². The summed E-state index contributed by atoms with van der Waals surface area (Å²) in [6.07, 6.45) is 4.32. The molecule has 4 aromatic rings. The van der Waals surface area contributed by atoms with Gasteiger partial charge in [-0.2, -0.15) is 4.31 Å². The Morgan fingerprint density at radius 1 is 0.946 bits per heavy atom. The van der Waals surface area contributed by atoms with Crippen LogP contribution in [0.1, 0.15) is 12.2 Å². The number of aromatic nitrogens is 3. The van der Waals surface area contributed by atoms with Crippen LogP contribution in [0.25, 0.3) is 21.7 Å². The van der Waals surface area contributed by atoms with E-state index < -0.39 is 10.0 Å². The number of piperazine rings is 1. The molecule has 9 nitrogen and oxygen atoms in total. The Balaban J connectivity index is 1.27. The van der Waals surface area contributed by atoms with Crippen LogP contribution in [0.5, 0.6) is 0 Å². The molecule has 1 aliphatic heterocycles. The van der Waals surface area contributed by atoms with Crippen molar-refractivity contribution in [3.8, 4) is 0 Å². The third-order valence-electron chi connectivity index (χ3n) is 6.68. The third kappa shape index (κ3) is 5.72. The molecule has 0 radical (unpaired) electrons. The fourth-order valence-electron chi connectivity index (χ4n) is 4.71. The summed E-state index contributed by atoms with van der Waals surface area (Å²) in [5, 5.41) is 6.03. The molecule has 5 rings (SSSR count). The summed E-state index contributed by atoms with van der Waals surface area (Å²) in [6.45, 7) is 4.48. The molecule has 1 N–H and O–H groups in total. The molecule has 0 aliphatic carbocycles. The molecule has 10 heteroatoms. The van der Waals surface area contributed by atoms with Crippen molar-refractivity contribution in [3.63, 3.8) is 0 Å². The third-order valence-corrected chi connectivity index (χ3v) is 8.64. The molecular formula is C27H33N7O2S. The molecule has 0 unspecified atom stereocenters. The molecule has 37 heavy (non-hydrogen) atoms. The SMILES string of the molecule is CN(C)CCCNc1nc(CN2CCN(S(=O)(=O)c3cccc4ccncc34)CC2)nc2ccccc12. The van der Waals surface area contributed by atoms with Gasteiger partial charge in [0.2, 0.25) is 10.0 Å². The van der Waals surface area contributed by atoms with Crippen LogP contribution >= 0.6 is 0 Å². The van der Waals surface area contributed by atoms with Gasteiger partial charge in [0.25, 0.3) is 0 Å². The van der Waals surface area contributed by atoms with Crippen LogP contribution < -0.4 is 5.32 Å². The normalized spacial score (nSPS) is 15.5. The van der Waals surface area contributed by atoms with Crippen molar-refractivity contribution in [2.24, 2.45) is 0 Å². The average Bonchev–Trinajstić information content (AvgIpc) is 2.91. The smallest absolute Gasteiger partial charge is 0.243 e. The highest BCUT2D eigenvalue weighted by Gasteiger charge is 2.30. The number of nitrogens with zero attached hydrogens (tertiary/aromatic N) is 6. The molecule has 0 spiro atoms. The predicted octanol–water partition coefficient (Wildman–Crippen LogP) is 3.05. The molecule has 2 aromatic heterocycles. The van der Waals surface area contributed by atoms with Gasteiger partial charge in [-0.1, -0.05) is 24.3 Å². The van der Waals surface area contributed by atoms with E-state index in [1.54, 1.807) is 28.8 Å². The lowest BCUT2D eigenvalue weighted by molar-refractivity contribution is 0.178. The van der Waals surface area contributed by atoms with Crippen LogP contribution in [-0.4, -0.2) is 90.8 Å². The minimum Gasteiger partial charge on any atom is -0.369 e. The molecule has 1 aliphatic rings. The lowest BCUT2D eigenvalue weighted by Gasteiger charge is -2.33. The zero-order chi connectivity index (χ0) is 25.8. The van der Waals surface area contributed by atoms with E-state index in [0.29, 0.717) is 43.0 Å². The highest BCUT2D eigenvalue weighted by Crippen LogP contribution is 2.26. The van der Waals surface area contributed by atoms with E-state index in [1.165, 1.54) is 0 Å². The number of sulfonamides is 1. The number of para-hydroxylation sites is 1. The molecular weight excluding hydrogens is 486 g/mol. The van der Waals surface area contributed by atoms with Gasteiger partial charge < -0.3 is 10.2 Å². The van der Waals surface area contributed by atoms with Crippen molar-refractivity contribution in [3.05, 3.63) is 66.7 Å². The first-order valence-electron chi connectivity index (χ1n) is 12.6. The lowest BCUT2D eigenvalue weighted by Crippen LogP contribution is -2.48. The van der Waals surface area contributed by atoms with Crippen molar-refractivity contribution in [1.29, 1.82) is 0 Å². The maximum Gasteiger partial charge on any atom is 0.243 e. The van der Waals surface area contributed by atoms with Gasteiger partial charge in [0.1, 0.15) is 11.6 Å². The van der Waals surface area contributed by atoms with Crippen molar-refractivity contribution in [1.82, 2.24) is 29.1 Å². The fraction of sp³-hybridized carbons (Fsp3) is 0.370. The zero-order valence-electron chi connectivity index (χ0n) is 21.3. The summed E-state index contributed by atoms with van der Waals surface area (Å²) >= 11 is 0. The van der Waals surface area contributed by atoms with Crippen molar-refractivity contribution >= 4 is 37.5 Å². The lowest BCUT2D eigenvalue weighted by atomic mass is 10.2. The molecule has 0 saturated carbocycles. The number of fused-ring (bicyclic) bond motifs is 2. The van der Waals surface area contributed by atoms with Gasteiger partial charge in [-0.3, -0.25) is 9.88 Å². The average molecular weight is 520 g/mol. The van der Waals surface area contributed by atoms with E-state index in [9.17, 15) is 8.42 Å². The van der Waals surface area contributed by atoms with E-state index in [1.807, 2.05) is 36.4 Å². The van der Waals surface area contributed by atoms with E-state index in [-0.39, 0.29) is 0 Å². The minimum absolute atomic E-state index is 0.314. The molecule has 0 amide bonds. The number of hydrogen-bond donors (Lipinski definition) is 1. The Hall–Kier alpha value is -3.18. The molecule has 1 fully saturated rings. The Morgan fingerprint density at radius 3 is 2.57 bits per heavy atom. The topological polar surface area (TPSA) is 94.6 Å². The zero-order valence-corrected chi connectivity index (χ0v) is 22.2. The maximum atomic E-state index is 13.5. The highest BCUT2D eigenvalue weighted by molar-refractivity contribution is 7.89. The van der Waals surface area contributed by atoms with E-state index in [2.05, 4.69) is 34.2 Å². The van der Waals surface area contributed by atoms with Crippen LogP contribution in [-0.2, 0) is 16.6 Å². The number of anilines is 1. The highest BCUT2D eigenvalue weighted by atomic mass is 32.2. The van der Waals surface area contributed by atoms with E-state index in [0.717, 1.165) is 47.4 Å². The summed E-state index contributed by atoms with van der Waals surface area (Å²) in [4.78, 5) is 18.5. The molecule has 0 bridgehead atoms. The van der Waals surface area contributed by atoms with E-state index >= 15 is 0 Å². The summed E-state index contributed by atoms with van der Waals surface area (Å²) in [5.74, 6) is 1.59. The quantitative estimate of drug-likeness (QED) is 0.337. The molecule has 0 atom stereocenters. The van der Waals surface area contributed by atoms with E-state index in [4.69, 9.17) is 9.97 Å². The second kappa shape index (κ2) is 11.1. The van der Waals surface area contributed by atoms with Gasteiger partial charge in [-0.05, 0) is 56.7 Å². The summed E-state index contributed by atoms with van der Waals surface area (Å²) < 4.78 is 28.5. The summed E-state index contributed by atoms with van der Waals surface area (Å²) in [5.41, 5.74) is 0.911. The molecule has 2 aromatic carbocycles. The van der Waals surface area contributed by atoms with Crippen LogP contribution in [0.15, 0.2) is 65.8 Å². The Bertz CT molecular complexity index is 1480. The predicted molar refractivity (Wildman–Crippen MR) is 147 cm³/mol. The number of benzene rings is 2. The van der Waals surface area contributed by atoms with Gasteiger partial charge in [0.05, 0.1) is 17.0 Å². The first-order chi connectivity index (χ1) is 17.9. The van der Waals surface area contributed by atoms with Crippen LogP contribution in [0.2, 0.25) is 0 Å². The Kier molecular flexibility index (Phi) is 7.61. The Morgan fingerprint density at radius 2 is 1.76 bits per heavy atom. The second-order valence-corrected chi connectivity index (χ2v) is 11.5. The van der Waals surface area contributed by atoms with Crippen molar-refractivity contribution in [2.75, 3.05) is 58.7 Å². The summed E-state index contributed by atoms with van der Waals surface area (Å²) in [6, 6.07) is 15.2. The largest absolute Gasteiger partial charge is 0.369 e. The van der Waals surface area contributed by atoms with Crippen LogP contribution in [0.4, 0.5) is 5.82 Å². The summed E-state index contributed by atoms with van der Waals surface area (Å²) in [7, 11) is 0.526.